The van der Waals surface area contributed by atoms with E-state index in [4.69, 9.17) is 0 Å². The van der Waals surface area contributed by atoms with Crippen molar-refractivity contribution in [2.75, 3.05) is 26.2 Å². The quantitative estimate of drug-likeness (QED) is 0.851. The van der Waals surface area contributed by atoms with E-state index in [1.807, 2.05) is 26.0 Å². The van der Waals surface area contributed by atoms with Gasteiger partial charge in [-0.2, -0.15) is 4.31 Å². The molecule has 5 nitrogen and oxygen atoms in total. The molecular weight excluding hydrogens is 300 g/mol. The fourth-order valence-electron chi connectivity index (χ4n) is 2.61. The molecule has 1 aliphatic heterocycles. The zero-order chi connectivity index (χ0) is 16.2. The van der Waals surface area contributed by atoms with E-state index < -0.39 is 10.0 Å². The molecule has 1 fully saturated rings. The van der Waals surface area contributed by atoms with Gasteiger partial charge in [-0.1, -0.05) is 24.6 Å². The molecule has 1 saturated heterocycles. The summed E-state index contributed by atoms with van der Waals surface area (Å²) in [7, 11) is -3.47. The van der Waals surface area contributed by atoms with Gasteiger partial charge in [-0.15, -0.1) is 0 Å². The zero-order valence-corrected chi connectivity index (χ0v) is 14.1. The van der Waals surface area contributed by atoms with Crippen molar-refractivity contribution in [2.24, 2.45) is 0 Å². The third-order valence-corrected chi connectivity index (χ3v) is 5.84. The maximum Gasteiger partial charge on any atom is 0.243 e. The first-order valence-electron chi connectivity index (χ1n) is 7.79. The second kappa shape index (κ2) is 7.24. The van der Waals surface area contributed by atoms with Crippen molar-refractivity contribution in [3.8, 4) is 0 Å². The summed E-state index contributed by atoms with van der Waals surface area (Å²) in [5, 5.41) is 0. The van der Waals surface area contributed by atoms with Crippen molar-refractivity contribution >= 4 is 15.9 Å². The lowest BCUT2D eigenvalue weighted by molar-refractivity contribution is -0.131. The highest BCUT2D eigenvalue weighted by Crippen LogP contribution is 2.18. The summed E-state index contributed by atoms with van der Waals surface area (Å²) in [5.74, 6) is 0.122. The van der Waals surface area contributed by atoms with Gasteiger partial charge in [0, 0.05) is 32.6 Å². The summed E-state index contributed by atoms with van der Waals surface area (Å²) in [4.78, 5) is 14.1. The van der Waals surface area contributed by atoms with Crippen LogP contribution in [0.25, 0.3) is 0 Å². The topological polar surface area (TPSA) is 57.7 Å². The van der Waals surface area contributed by atoms with Crippen molar-refractivity contribution in [3.05, 3.63) is 29.8 Å². The lowest BCUT2D eigenvalue weighted by atomic mass is 10.2. The minimum absolute atomic E-state index is 0.122. The molecule has 122 valence electrons. The van der Waals surface area contributed by atoms with Gasteiger partial charge in [0.15, 0.2) is 0 Å². The van der Waals surface area contributed by atoms with Gasteiger partial charge in [0.25, 0.3) is 0 Å². The molecule has 0 unspecified atom stereocenters. The smallest absolute Gasteiger partial charge is 0.243 e. The Labute approximate surface area is 133 Å². The molecule has 0 radical (unpaired) electrons. The summed E-state index contributed by atoms with van der Waals surface area (Å²) in [6, 6.07) is 6.91. The zero-order valence-electron chi connectivity index (χ0n) is 13.3. The van der Waals surface area contributed by atoms with Crippen molar-refractivity contribution in [3.63, 3.8) is 0 Å². The fourth-order valence-corrected chi connectivity index (χ4v) is 4.08. The highest BCUT2D eigenvalue weighted by molar-refractivity contribution is 7.89. The van der Waals surface area contributed by atoms with Gasteiger partial charge in [0.1, 0.15) is 0 Å². The summed E-state index contributed by atoms with van der Waals surface area (Å²) in [5.41, 5.74) is 1.03. The minimum atomic E-state index is -3.47. The first-order chi connectivity index (χ1) is 10.4. The molecule has 1 aliphatic rings. The lowest BCUT2D eigenvalue weighted by Crippen LogP contribution is -2.37. The Morgan fingerprint density at radius 2 is 1.77 bits per heavy atom. The number of aryl methyl sites for hydroxylation is 1. The van der Waals surface area contributed by atoms with Crippen LogP contribution in [0.5, 0.6) is 0 Å². The molecule has 0 atom stereocenters. The molecule has 1 heterocycles. The summed E-state index contributed by atoms with van der Waals surface area (Å²) < 4.78 is 26.8. The molecule has 0 aromatic heterocycles. The molecule has 0 N–H and O–H groups in total. The highest BCUT2D eigenvalue weighted by Gasteiger charge is 2.27. The van der Waals surface area contributed by atoms with Crippen LogP contribution in [0.3, 0.4) is 0 Å². The number of rotatable bonds is 4. The number of amides is 1. The van der Waals surface area contributed by atoms with E-state index in [0.717, 1.165) is 12.0 Å². The van der Waals surface area contributed by atoms with E-state index in [2.05, 4.69) is 0 Å². The van der Waals surface area contributed by atoms with Crippen LogP contribution in [0.4, 0.5) is 0 Å². The van der Waals surface area contributed by atoms with Crippen LogP contribution >= 0.6 is 0 Å². The predicted octanol–water partition coefficient (Wildman–Crippen LogP) is 2.02. The van der Waals surface area contributed by atoms with Crippen molar-refractivity contribution in [1.82, 2.24) is 9.21 Å². The van der Waals surface area contributed by atoms with Crippen molar-refractivity contribution in [2.45, 2.75) is 38.0 Å². The Morgan fingerprint density at radius 1 is 1.09 bits per heavy atom. The van der Waals surface area contributed by atoms with Crippen LogP contribution in [0.15, 0.2) is 29.2 Å². The second-order valence-electron chi connectivity index (χ2n) is 5.70. The maximum absolute atomic E-state index is 12.7. The molecule has 2 rings (SSSR count). The third kappa shape index (κ3) is 3.87. The second-order valence-corrected chi connectivity index (χ2v) is 7.64. The minimum Gasteiger partial charge on any atom is -0.341 e. The van der Waals surface area contributed by atoms with Gasteiger partial charge < -0.3 is 4.90 Å². The van der Waals surface area contributed by atoms with E-state index in [1.54, 1.807) is 17.0 Å². The van der Waals surface area contributed by atoms with Gasteiger partial charge in [0.2, 0.25) is 15.9 Å². The summed E-state index contributed by atoms with van der Waals surface area (Å²) in [6.45, 7) is 5.85. The molecule has 1 aromatic rings. The fraction of sp³-hybridized carbons (Fsp3) is 0.562. The van der Waals surface area contributed by atoms with Crippen LogP contribution in [0.2, 0.25) is 0 Å². The van der Waals surface area contributed by atoms with Crippen LogP contribution in [0.1, 0.15) is 31.7 Å². The lowest BCUT2D eigenvalue weighted by Gasteiger charge is -2.22. The first kappa shape index (κ1) is 17.0. The monoisotopic (exact) mass is 324 g/mol. The molecule has 0 saturated carbocycles. The Kier molecular flexibility index (Phi) is 5.58. The normalized spacial score (nSPS) is 17.3. The van der Waals surface area contributed by atoms with E-state index >= 15 is 0 Å². The molecule has 6 heteroatoms. The van der Waals surface area contributed by atoms with Crippen molar-refractivity contribution < 1.29 is 13.2 Å². The molecule has 0 bridgehead atoms. The molecular formula is C16H24N2O3S. The van der Waals surface area contributed by atoms with Crippen molar-refractivity contribution in [1.29, 1.82) is 0 Å². The number of benzene rings is 1. The number of hydrogen-bond donors (Lipinski definition) is 0. The Hall–Kier alpha value is -1.40. The van der Waals surface area contributed by atoms with Gasteiger partial charge in [-0.05, 0) is 31.9 Å². The van der Waals surface area contributed by atoms with Crippen LogP contribution < -0.4 is 0 Å². The standard InChI is InChI=1S/C16H24N2O3S/c1-3-5-16(19)17-10-4-11-18(13-12-17)22(20,21)15-8-6-14(2)7-9-15/h6-9H,3-5,10-13H2,1-2H3. The summed E-state index contributed by atoms with van der Waals surface area (Å²) in [6.07, 6.45) is 2.03. The third-order valence-electron chi connectivity index (χ3n) is 3.93. The Bertz CT molecular complexity index is 611. The SMILES string of the molecule is CCCC(=O)N1CCCN(S(=O)(=O)c2ccc(C)cc2)CC1. The number of sulfonamides is 1. The Morgan fingerprint density at radius 3 is 2.41 bits per heavy atom. The van der Waals surface area contributed by atoms with Crippen LogP contribution in [0, 0.1) is 6.92 Å². The summed E-state index contributed by atoms with van der Waals surface area (Å²) >= 11 is 0. The van der Waals surface area contributed by atoms with Gasteiger partial charge in [0.05, 0.1) is 4.90 Å². The van der Waals surface area contributed by atoms with Gasteiger partial charge in [-0.3, -0.25) is 4.79 Å². The van der Waals surface area contributed by atoms with Crippen LogP contribution in [-0.2, 0) is 14.8 Å². The predicted molar refractivity (Wildman–Crippen MR) is 86.0 cm³/mol. The molecule has 22 heavy (non-hydrogen) atoms. The van der Waals surface area contributed by atoms with Gasteiger partial charge in [-0.25, -0.2) is 8.42 Å². The maximum atomic E-state index is 12.7. The largest absolute Gasteiger partial charge is 0.341 e. The average Bonchev–Trinajstić information content (AvgIpc) is 2.74. The molecule has 0 spiro atoms. The van der Waals surface area contributed by atoms with E-state index in [-0.39, 0.29) is 5.91 Å². The number of hydrogen-bond acceptors (Lipinski definition) is 3. The van der Waals surface area contributed by atoms with E-state index in [1.165, 1.54) is 4.31 Å². The highest BCUT2D eigenvalue weighted by atomic mass is 32.2. The number of nitrogens with zero attached hydrogens (tertiary/aromatic N) is 2. The number of carbonyl (C=O) groups is 1. The van der Waals surface area contributed by atoms with Crippen LogP contribution in [-0.4, -0.2) is 49.7 Å². The molecule has 0 aliphatic carbocycles. The van der Waals surface area contributed by atoms with Gasteiger partial charge >= 0.3 is 0 Å². The van der Waals surface area contributed by atoms with E-state index in [0.29, 0.717) is 43.9 Å². The average molecular weight is 324 g/mol. The molecule has 1 aromatic carbocycles. The molecule has 1 amide bonds. The first-order valence-corrected chi connectivity index (χ1v) is 9.23. The van der Waals surface area contributed by atoms with E-state index in [9.17, 15) is 13.2 Å². The Balaban J connectivity index is 2.10. The number of carbonyl (C=O) groups excluding carboxylic acids is 1.